The smallest absolute Gasteiger partial charge is 0.321 e. The Kier molecular flexibility index (Phi) is 5.18. The van der Waals surface area contributed by atoms with Crippen LogP contribution < -0.4 is 4.72 Å². The molecule has 1 unspecified atom stereocenters. The predicted molar refractivity (Wildman–Crippen MR) is 67.6 cm³/mol. The molecule has 0 heterocycles. The zero-order chi connectivity index (χ0) is 15.5. The third-order valence-electron chi connectivity index (χ3n) is 2.50. The molecule has 1 aromatic carbocycles. The van der Waals surface area contributed by atoms with E-state index in [9.17, 15) is 22.0 Å². The van der Waals surface area contributed by atoms with Gasteiger partial charge < -0.3 is 5.11 Å². The minimum atomic E-state index is -4.23. The van der Waals surface area contributed by atoms with E-state index in [2.05, 4.69) is 0 Å². The standard InChI is InChI=1S/C12H15F2NO4S/c1-7(2)5-11(12(16)17)15-20(18,19)8-3-4-9(13)10(14)6-8/h3-4,6-7,11,15H,5H2,1-2H3,(H,16,17). The molecule has 0 aliphatic heterocycles. The lowest BCUT2D eigenvalue weighted by Crippen LogP contribution is -2.41. The number of hydrogen-bond acceptors (Lipinski definition) is 3. The number of carbonyl (C=O) groups is 1. The summed E-state index contributed by atoms with van der Waals surface area (Å²) >= 11 is 0. The fourth-order valence-corrected chi connectivity index (χ4v) is 2.78. The monoisotopic (exact) mass is 307 g/mol. The van der Waals surface area contributed by atoms with E-state index in [0.29, 0.717) is 12.1 Å². The summed E-state index contributed by atoms with van der Waals surface area (Å²) in [5.41, 5.74) is 0. The van der Waals surface area contributed by atoms with Gasteiger partial charge in [-0.2, -0.15) is 4.72 Å². The Labute approximate surface area is 115 Å². The predicted octanol–water partition coefficient (Wildman–Crippen LogP) is 1.74. The Hall–Kier alpha value is -1.54. The van der Waals surface area contributed by atoms with Gasteiger partial charge in [-0.3, -0.25) is 4.79 Å². The second kappa shape index (κ2) is 6.27. The van der Waals surface area contributed by atoms with Crippen LogP contribution in [0.1, 0.15) is 20.3 Å². The average molecular weight is 307 g/mol. The highest BCUT2D eigenvalue weighted by Crippen LogP contribution is 2.15. The highest BCUT2D eigenvalue weighted by atomic mass is 32.2. The molecule has 0 saturated carbocycles. The van der Waals surface area contributed by atoms with Crippen LogP contribution >= 0.6 is 0 Å². The fraction of sp³-hybridized carbons (Fsp3) is 0.417. The van der Waals surface area contributed by atoms with Gasteiger partial charge in [0.25, 0.3) is 0 Å². The van der Waals surface area contributed by atoms with Crippen molar-refractivity contribution in [3.05, 3.63) is 29.8 Å². The topological polar surface area (TPSA) is 83.5 Å². The van der Waals surface area contributed by atoms with Gasteiger partial charge in [0.15, 0.2) is 11.6 Å². The summed E-state index contributed by atoms with van der Waals surface area (Å²) in [6, 6.07) is 0.719. The largest absolute Gasteiger partial charge is 0.480 e. The molecule has 0 saturated heterocycles. The summed E-state index contributed by atoms with van der Waals surface area (Å²) in [6.45, 7) is 3.48. The summed E-state index contributed by atoms with van der Waals surface area (Å²) in [5, 5.41) is 8.97. The maximum atomic E-state index is 13.0. The van der Waals surface area contributed by atoms with Crippen molar-refractivity contribution in [2.45, 2.75) is 31.2 Å². The van der Waals surface area contributed by atoms with Crippen LogP contribution in [0, 0.1) is 17.6 Å². The summed E-state index contributed by atoms with van der Waals surface area (Å²) in [7, 11) is -4.23. The number of hydrogen-bond donors (Lipinski definition) is 2. The SMILES string of the molecule is CC(C)CC(NS(=O)(=O)c1ccc(F)c(F)c1)C(=O)O. The molecular weight excluding hydrogens is 292 g/mol. The van der Waals surface area contributed by atoms with Crippen LogP contribution in [-0.4, -0.2) is 25.5 Å². The zero-order valence-corrected chi connectivity index (χ0v) is 11.7. The van der Waals surface area contributed by atoms with Crippen molar-refractivity contribution in [3.8, 4) is 0 Å². The molecule has 0 fully saturated rings. The Bertz CT molecular complexity index is 601. The van der Waals surface area contributed by atoms with Gasteiger partial charge in [-0.25, -0.2) is 17.2 Å². The molecule has 5 nitrogen and oxygen atoms in total. The van der Waals surface area contributed by atoms with E-state index in [-0.39, 0.29) is 12.3 Å². The fourth-order valence-electron chi connectivity index (χ4n) is 1.57. The Balaban J connectivity index is 3.03. The number of nitrogens with one attached hydrogen (secondary N) is 1. The lowest BCUT2D eigenvalue weighted by Gasteiger charge is -2.16. The van der Waals surface area contributed by atoms with Crippen LogP contribution in [0.25, 0.3) is 0 Å². The normalized spacial score (nSPS) is 13.4. The summed E-state index contributed by atoms with van der Waals surface area (Å²) in [4.78, 5) is 10.5. The van der Waals surface area contributed by atoms with Gasteiger partial charge in [0.05, 0.1) is 4.90 Å². The molecule has 0 radical (unpaired) electrons. The average Bonchev–Trinajstić information content (AvgIpc) is 2.30. The molecule has 0 bridgehead atoms. The quantitative estimate of drug-likeness (QED) is 0.838. The molecule has 1 rings (SSSR count). The van der Waals surface area contributed by atoms with Gasteiger partial charge in [0, 0.05) is 0 Å². The maximum Gasteiger partial charge on any atom is 0.321 e. The molecule has 0 spiro atoms. The van der Waals surface area contributed by atoms with Crippen molar-refractivity contribution in [1.29, 1.82) is 0 Å². The van der Waals surface area contributed by atoms with Crippen LogP contribution in [0.4, 0.5) is 8.78 Å². The highest BCUT2D eigenvalue weighted by Gasteiger charge is 2.26. The Morgan fingerprint density at radius 2 is 1.90 bits per heavy atom. The first-order chi connectivity index (χ1) is 9.13. The zero-order valence-electron chi connectivity index (χ0n) is 10.9. The second-order valence-corrected chi connectivity index (χ2v) is 6.43. The van der Waals surface area contributed by atoms with Gasteiger partial charge in [-0.05, 0) is 30.5 Å². The summed E-state index contributed by atoms with van der Waals surface area (Å²) < 4.78 is 51.6. The number of sulfonamides is 1. The summed E-state index contributed by atoms with van der Waals surface area (Å²) in [5.74, 6) is -3.88. The van der Waals surface area contributed by atoms with Crippen molar-refractivity contribution < 1.29 is 27.1 Å². The first-order valence-corrected chi connectivity index (χ1v) is 7.32. The molecule has 1 aromatic rings. The molecule has 20 heavy (non-hydrogen) atoms. The number of benzene rings is 1. The van der Waals surface area contributed by atoms with E-state index < -0.39 is 38.6 Å². The number of aliphatic carboxylic acids is 1. The molecule has 0 aliphatic carbocycles. The Morgan fingerprint density at radius 3 is 2.35 bits per heavy atom. The van der Waals surface area contributed by atoms with E-state index >= 15 is 0 Å². The lowest BCUT2D eigenvalue weighted by atomic mass is 10.1. The van der Waals surface area contributed by atoms with E-state index in [1.165, 1.54) is 0 Å². The van der Waals surface area contributed by atoms with Crippen molar-refractivity contribution in [3.63, 3.8) is 0 Å². The van der Waals surface area contributed by atoms with E-state index in [1.807, 2.05) is 4.72 Å². The minimum Gasteiger partial charge on any atom is -0.480 e. The minimum absolute atomic E-state index is 0.0521. The molecule has 8 heteroatoms. The van der Waals surface area contributed by atoms with Crippen LogP contribution in [0.2, 0.25) is 0 Å². The molecule has 0 amide bonds. The number of halogens is 2. The van der Waals surface area contributed by atoms with Crippen molar-refractivity contribution in [2.75, 3.05) is 0 Å². The van der Waals surface area contributed by atoms with Crippen molar-refractivity contribution in [1.82, 2.24) is 4.72 Å². The molecule has 0 aromatic heterocycles. The van der Waals surface area contributed by atoms with Gasteiger partial charge >= 0.3 is 5.97 Å². The molecule has 2 N–H and O–H groups in total. The first-order valence-electron chi connectivity index (χ1n) is 5.83. The van der Waals surface area contributed by atoms with E-state index in [4.69, 9.17) is 5.11 Å². The van der Waals surface area contributed by atoms with Crippen LogP contribution in [-0.2, 0) is 14.8 Å². The first kappa shape index (κ1) is 16.5. The highest BCUT2D eigenvalue weighted by molar-refractivity contribution is 7.89. The Morgan fingerprint density at radius 1 is 1.30 bits per heavy atom. The molecule has 1 atom stereocenters. The van der Waals surface area contributed by atoms with E-state index in [0.717, 1.165) is 6.07 Å². The lowest BCUT2D eigenvalue weighted by molar-refractivity contribution is -0.139. The number of carboxylic acid groups (broad SMARTS) is 1. The molecular formula is C12H15F2NO4S. The number of rotatable bonds is 6. The number of carboxylic acids is 1. The van der Waals surface area contributed by atoms with Gasteiger partial charge in [0.2, 0.25) is 10.0 Å². The second-order valence-electron chi connectivity index (χ2n) is 4.72. The van der Waals surface area contributed by atoms with Gasteiger partial charge in [0.1, 0.15) is 6.04 Å². The third kappa shape index (κ3) is 4.24. The van der Waals surface area contributed by atoms with Gasteiger partial charge in [-0.1, -0.05) is 13.8 Å². The van der Waals surface area contributed by atoms with E-state index in [1.54, 1.807) is 13.8 Å². The summed E-state index contributed by atoms with van der Waals surface area (Å²) in [6.07, 6.45) is 0.0816. The van der Waals surface area contributed by atoms with Crippen LogP contribution in [0.3, 0.4) is 0 Å². The van der Waals surface area contributed by atoms with Crippen molar-refractivity contribution >= 4 is 16.0 Å². The van der Waals surface area contributed by atoms with Gasteiger partial charge in [-0.15, -0.1) is 0 Å². The van der Waals surface area contributed by atoms with Crippen LogP contribution in [0.15, 0.2) is 23.1 Å². The van der Waals surface area contributed by atoms with Crippen molar-refractivity contribution in [2.24, 2.45) is 5.92 Å². The third-order valence-corrected chi connectivity index (χ3v) is 3.97. The molecule has 0 aliphatic rings. The van der Waals surface area contributed by atoms with Crippen LogP contribution in [0.5, 0.6) is 0 Å². The molecule has 112 valence electrons. The maximum absolute atomic E-state index is 13.0.